The molecule has 65 heavy (non-hydrogen) atoms. The van der Waals surface area contributed by atoms with Gasteiger partial charge >= 0.3 is 5.69 Å². The van der Waals surface area contributed by atoms with Crippen molar-refractivity contribution in [3.05, 3.63) is 82.2 Å². The molecule has 3 saturated heterocycles. The fourth-order valence-electron chi connectivity index (χ4n) is 9.79. The summed E-state index contributed by atoms with van der Waals surface area (Å²) < 4.78 is 9.36. The molecule has 2 aromatic heterocycles. The van der Waals surface area contributed by atoms with E-state index in [1.54, 1.807) is 25.7 Å². The number of benzene rings is 2. The molecule has 0 spiro atoms. The van der Waals surface area contributed by atoms with Gasteiger partial charge in [-0.15, -0.1) is 0 Å². The van der Waals surface area contributed by atoms with Crippen molar-refractivity contribution in [2.45, 2.75) is 63.3 Å². The number of piperidine rings is 2. The summed E-state index contributed by atoms with van der Waals surface area (Å²) in [6, 6.07) is 11.2. The Morgan fingerprint density at radius 3 is 2.37 bits per heavy atom. The van der Waals surface area contributed by atoms with Gasteiger partial charge in [0.1, 0.15) is 11.6 Å². The number of carbonyl (C=O) groups excluding carboxylic acids is 5. The smallest absolute Gasteiger partial charge is 0.329 e. The van der Waals surface area contributed by atoms with Gasteiger partial charge in [-0.3, -0.25) is 43.3 Å². The molecule has 3 fully saturated rings. The molecule has 6 heterocycles. The van der Waals surface area contributed by atoms with Crippen LogP contribution in [0, 0.1) is 0 Å². The highest BCUT2D eigenvalue weighted by Crippen LogP contribution is 2.38. The Labute approximate surface area is 377 Å². The molecule has 0 radical (unpaired) electrons. The molecule has 4 aromatic rings. The molecule has 0 aliphatic carbocycles. The predicted molar refractivity (Wildman–Crippen MR) is 247 cm³/mol. The minimum Gasteiger partial charge on any atom is -0.451 e. The topological polar surface area (TPSA) is 209 Å². The standard InChI is InChI=1S/C47H61N11O7/c1-51(2)46(63)40-28-34-26-33(32-6-4-17-56(30-32)43(61)14-20-57(49)21-15-48)27-36(44(34)65-40)31-12-18-55(19-13-31)42(60)7-5-16-53-22-24-54(25-23-53)35-8-9-37-39(29-35)52(3)47(64)58(37)38-10-11-41(59)50-45(38)62/h6,8-9,15,21,26-29,31,38H,4-5,7,10-14,16-20,22-25,30,48-49H2,1-3H3,(H,50,59,62)/b21-15-. The number of imidazole rings is 1. The Balaban J connectivity index is 0.850. The normalized spacial score (nSPS) is 19.0. The van der Waals surface area contributed by atoms with E-state index in [1.807, 2.05) is 34.1 Å². The van der Waals surface area contributed by atoms with Crippen LogP contribution in [0.5, 0.6) is 0 Å². The van der Waals surface area contributed by atoms with E-state index in [0.29, 0.717) is 56.7 Å². The van der Waals surface area contributed by atoms with Gasteiger partial charge in [-0.2, -0.15) is 0 Å². The minimum absolute atomic E-state index is 0.0167. The quantitative estimate of drug-likeness (QED) is 0.101. The van der Waals surface area contributed by atoms with E-state index in [9.17, 15) is 28.8 Å². The third-order valence-corrected chi connectivity index (χ3v) is 13.5. The molecular formula is C47H61N11O7. The number of aromatic nitrogens is 2. The second-order valence-electron chi connectivity index (χ2n) is 17.9. The number of aryl methyl sites for hydroxylation is 1. The number of likely N-dealkylation sites (tertiary alicyclic amines) is 1. The summed E-state index contributed by atoms with van der Waals surface area (Å²) in [4.78, 5) is 87.4. The Morgan fingerprint density at radius 1 is 0.892 bits per heavy atom. The van der Waals surface area contributed by atoms with Crippen LogP contribution in [0.3, 0.4) is 0 Å². The number of carbonyl (C=O) groups is 5. The minimum atomic E-state index is -0.719. The van der Waals surface area contributed by atoms with Gasteiger partial charge in [0.25, 0.3) is 5.91 Å². The monoisotopic (exact) mass is 891 g/mol. The molecule has 8 rings (SSSR count). The number of nitrogens with one attached hydrogen (secondary N) is 1. The van der Waals surface area contributed by atoms with Crippen molar-refractivity contribution in [2.75, 3.05) is 84.4 Å². The lowest BCUT2D eigenvalue weighted by molar-refractivity contribution is -0.136. The molecule has 4 aliphatic rings. The summed E-state index contributed by atoms with van der Waals surface area (Å²) in [6.45, 7) is 6.84. The molecule has 2 aromatic carbocycles. The molecule has 346 valence electrons. The maximum atomic E-state index is 13.5. The number of nitrogens with zero attached hydrogens (tertiary/aromatic N) is 8. The maximum absolute atomic E-state index is 13.5. The van der Waals surface area contributed by atoms with Crippen LogP contribution in [0.4, 0.5) is 5.69 Å². The van der Waals surface area contributed by atoms with E-state index >= 15 is 0 Å². The molecule has 0 saturated carbocycles. The lowest BCUT2D eigenvalue weighted by atomic mass is 9.86. The SMILES string of the molecule is CN(C)C(=O)c1cc2cc(C3=CCCN(C(=O)CCN(N)/C=C\N)C3)cc(C3CCN(C(=O)CCCN4CCN(c5ccc6c(c5)n(C)c(=O)n6C5CCC(=O)NC5=O)CC4)CC3)c2o1. The van der Waals surface area contributed by atoms with E-state index in [4.69, 9.17) is 16.0 Å². The summed E-state index contributed by atoms with van der Waals surface area (Å²) in [5.74, 6) is 5.50. The van der Waals surface area contributed by atoms with Crippen molar-refractivity contribution >= 4 is 62.8 Å². The lowest BCUT2D eigenvalue weighted by Gasteiger charge is -2.36. The summed E-state index contributed by atoms with van der Waals surface area (Å²) in [7, 11) is 5.11. The zero-order chi connectivity index (χ0) is 45.9. The van der Waals surface area contributed by atoms with Crippen LogP contribution >= 0.6 is 0 Å². The van der Waals surface area contributed by atoms with E-state index in [1.165, 1.54) is 26.9 Å². The summed E-state index contributed by atoms with van der Waals surface area (Å²) in [5, 5.41) is 4.61. The first-order valence-corrected chi connectivity index (χ1v) is 22.8. The number of hydrogen-bond acceptors (Lipinski definition) is 12. The predicted octanol–water partition coefficient (Wildman–Crippen LogP) is 2.69. The van der Waals surface area contributed by atoms with Gasteiger partial charge in [-0.25, -0.2) is 10.6 Å². The summed E-state index contributed by atoms with van der Waals surface area (Å²) in [5.41, 5.74) is 11.3. The first kappa shape index (κ1) is 45.2. The van der Waals surface area contributed by atoms with Crippen LogP contribution < -0.4 is 27.5 Å². The van der Waals surface area contributed by atoms with Crippen LogP contribution in [0.1, 0.15) is 85.0 Å². The number of furan rings is 1. The van der Waals surface area contributed by atoms with Crippen LogP contribution in [-0.4, -0.2) is 143 Å². The second kappa shape index (κ2) is 19.4. The van der Waals surface area contributed by atoms with Gasteiger partial charge in [0.05, 0.1) is 11.0 Å². The average Bonchev–Trinajstić information content (AvgIpc) is 3.85. The number of nitrogens with two attached hydrogens (primary N) is 2. The van der Waals surface area contributed by atoms with Gasteiger partial charge in [-0.05, 0) is 97.7 Å². The fourth-order valence-corrected chi connectivity index (χ4v) is 9.79. The Morgan fingerprint density at radius 2 is 1.65 bits per heavy atom. The third-order valence-electron chi connectivity index (χ3n) is 13.5. The molecule has 18 heteroatoms. The van der Waals surface area contributed by atoms with Crippen molar-refractivity contribution in [1.82, 2.24) is 39.1 Å². The van der Waals surface area contributed by atoms with Crippen LogP contribution in [0.15, 0.2) is 64.1 Å². The lowest BCUT2D eigenvalue weighted by Crippen LogP contribution is -2.46. The van der Waals surface area contributed by atoms with Crippen molar-refractivity contribution in [3.8, 4) is 0 Å². The van der Waals surface area contributed by atoms with Crippen molar-refractivity contribution in [3.63, 3.8) is 0 Å². The first-order chi connectivity index (χ1) is 31.3. The number of hydrazine groups is 1. The van der Waals surface area contributed by atoms with Crippen LogP contribution in [0.25, 0.3) is 27.6 Å². The highest BCUT2D eigenvalue weighted by atomic mass is 16.3. The summed E-state index contributed by atoms with van der Waals surface area (Å²) in [6.07, 6.45) is 9.32. The molecular weight excluding hydrogens is 831 g/mol. The highest BCUT2D eigenvalue weighted by molar-refractivity contribution is 6.00. The zero-order valence-corrected chi connectivity index (χ0v) is 37.7. The van der Waals surface area contributed by atoms with E-state index in [0.717, 1.165) is 91.7 Å². The van der Waals surface area contributed by atoms with Gasteiger partial charge in [-0.1, -0.05) is 6.08 Å². The Bertz CT molecular complexity index is 2590. The number of hydrogen-bond donors (Lipinski definition) is 3. The van der Waals surface area contributed by atoms with E-state index < -0.39 is 11.9 Å². The molecule has 1 atom stereocenters. The van der Waals surface area contributed by atoms with Crippen molar-refractivity contribution < 1.29 is 28.4 Å². The second-order valence-corrected chi connectivity index (χ2v) is 17.9. The number of rotatable bonds is 13. The molecule has 1 unspecified atom stereocenters. The maximum Gasteiger partial charge on any atom is 0.329 e. The first-order valence-electron chi connectivity index (χ1n) is 22.8. The van der Waals surface area contributed by atoms with Gasteiger partial charge in [0.15, 0.2) is 5.76 Å². The van der Waals surface area contributed by atoms with Gasteiger partial charge in [0, 0.05) is 123 Å². The van der Waals surface area contributed by atoms with Crippen LogP contribution in [0.2, 0.25) is 0 Å². The number of piperazine rings is 1. The molecule has 18 nitrogen and oxygen atoms in total. The number of amides is 5. The third kappa shape index (κ3) is 9.68. The average molecular weight is 892 g/mol. The largest absolute Gasteiger partial charge is 0.451 e. The number of fused-ring (bicyclic) bond motifs is 2. The fraction of sp³-hybridized carbons (Fsp3) is 0.489. The number of imide groups is 1. The van der Waals surface area contributed by atoms with Gasteiger partial charge < -0.3 is 34.8 Å². The molecule has 5 N–H and O–H groups in total. The van der Waals surface area contributed by atoms with Crippen molar-refractivity contribution in [2.24, 2.45) is 18.6 Å². The highest BCUT2D eigenvalue weighted by Gasteiger charge is 2.32. The Hall–Kier alpha value is -6.40. The van der Waals surface area contributed by atoms with Crippen LogP contribution in [-0.2, 0) is 26.2 Å². The van der Waals surface area contributed by atoms with E-state index in [-0.39, 0.29) is 53.8 Å². The van der Waals surface area contributed by atoms with Crippen molar-refractivity contribution in [1.29, 1.82) is 0 Å². The van der Waals surface area contributed by atoms with E-state index in [2.05, 4.69) is 33.3 Å². The summed E-state index contributed by atoms with van der Waals surface area (Å²) >= 11 is 0. The zero-order valence-electron chi connectivity index (χ0n) is 37.7. The van der Waals surface area contributed by atoms with Gasteiger partial charge in [0.2, 0.25) is 23.6 Å². The molecule has 5 amide bonds. The Kier molecular flexibility index (Phi) is 13.5. The number of anilines is 1. The molecule has 0 bridgehead atoms. The molecule has 4 aliphatic heterocycles.